The average Bonchev–Trinajstić information content (AvgIpc) is 3.66. The van der Waals surface area contributed by atoms with E-state index < -0.39 is 17.7 Å². The van der Waals surface area contributed by atoms with Crippen molar-refractivity contribution in [3.8, 4) is 17.2 Å². The number of benzene rings is 3. The molecule has 5 rings (SSSR count). The molecule has 9 nitrogen and oxygen atoms in total. The number of Topliss-reactive ketones (excluding diaryl/α,β-unsaturated/α-hetero) is 1. The second-order valence-corrected chi connectivity index (χ2v) is 10.6. The molecule has 0 bridgehead atoms. The van der Waals surface area contributed by atoms with Crippen molar-refractivity contribution in [2.45, 2.75) is 45.4 Å². The van der Waals surface area contributed by atoms with Gasteiger partial charge in [0.05, 0.1) is 31.7 Å². The number of aliphatic hydroxyl groups is 1. The number of hydrogen-bond donors (Lipinski definition) is 1. The number of aromatic nitrogens is 2. The molecule has 1 amide bonds. The summed E-state index contributed by atoms with van der Waals surface area (Å²) in [5, 5.41) is 11.6. The van der Waals surface area contributed by atoms with Crippen molar-refractivity contribution >= 4 is 17.4 Å². The Morgan fingerprint density at radius 2 is 1.77 bits per heavy atom. The molecule has 0 radical (unpaired) electrons. The number of aliphatic hydroxyl groups excluding tert-OH is 1. The zero-order chi connectivity index (χ0) is 30.9. The molecule has 1 aliphatic rings. The molecule has 3 aromatic carbocycles. The summed E-state index contributed by atoms with van der Waals surface area (Å²) >= 11 is 0. The van der Waals surface area contributed by atoms with Gasteiger partial charge in [0.1, 0.15) is 18.1 Å². The van der Waals surface area contributed by atoms with Gasteiger partial charge in [0.15, 0.2) is 11.5 Å². The normalized spacial score (nSPS) is 15.9. The first kappa shape index (κ1) is 30.4. The van der Waals surface area contributed by atoms with E-state index in [2.05, 4.69) is 11.9 Å². The van der Waals surface area contributed by atoms with E-state index in [1.54, 1.807) is 62.1 Å². The van der Waals surface area contributed by atoms with Gasteiger partial charge in [-0.1, -0.05) is 61.9 Å². The zero-order valence-corrected chi connectivity index (χ0v) is 25.0. The first-order valence-electron chi connectivity index (χ1n) is 14.8. The summed E-state index contributed by atoms with van der Waals surface area (Å²) in [6.45, 7) is 3.87. The molecule has 1 fully saturated rings. The molecule has 1 unspecified atom stereocenters. The van der Waals surface area contributed by atoms with Crippen molar-refractivity contribution in [2.75, 3.05) is 20.3 Å². The standard InChI is InChI=1S/C35H37N3O6/c1-3-4-20-43-28-13-8-12-27(21-28)33(39)31-32(38(35(41)34(31)40)18-9-17-37-19-16-36-24-37)26-14-15-29(30(22-26)42-2)44-23-25-10-6-5-7-11-25/h5-8,10-16,19,21-22,24,32,39H,3-4,9,17-18,20,23H2,1-2H3/b33-31+. The molecule has 1 aliphatic heterocycles. The largest absolute Gasteiger partial charge is 0.507 e. The summed E-state index contributed by atoms with van der Waals surface area (Å²) in [6.07, 6.45) is 7.72. The van der Waals surface area contributed by atoms with Crippen molar-refractivity contribution in [3.05, 3.63) is 114 Å². The number of likely N-dealkylation sites (tertiary alicyclic amines) is 1. The van der Waals surface area contributed by atoms with E-state index in [4.69, 9.17) is 14.2 Å². The Bertz CT molecular complexity index is 1600. The molecule has 1 saturated heterocycles. The van der Waals surface area contributed by atoms with E-state index in [1.807, 2.05) is 41.1 Å². The molecular weight excluding hydrogens is 558 g/mol. The zero-order valence-electron chi connectivity index (χ0n) is 25.0. The number of imidazole rings is 1. The SMILES string of the molecule is CCCCOc1cccc(/C(O)=C2\C(=O)C(=O)N(CCCn3ccnc3)C2c2ccc(OCc3ccccc3)c(OC)c2)c1. The smallest absolute Gasteiger partial charge is 0.295 e. The number of unbranched alkanes of at least 4 members (excludes halogenated alkanes) is 1. The Labute approximate surface area is 257 Å². The van der Waals surface area contributed by atoms with Gasteiger partial charge in [0.25, 0.3) is 11.7 Å². The van der Waals surface area contributed by atoms with E-state index in [0.717, 1.165) is 18.4 Å². The lowest BCUT2D eigenvalue weighted by atomic mass is 9.95. The summed E-state index contributed by atoms with van der Waals surface area (Å²) < 4.78 is 19.5. The fraction of sp³-hybridized carbons (Fsp3) is 0.286. The molecule has 0 spiro atoms. The van der Waals surface area contributed by atoms with Crippen LogP contribution >= 0.6 is 0 Å². The molecule has 1 N–H and O–H groups in total. The third-order valence-electron chi connectivity index (χ3n) is 7.53. The van der Waals surface area contributed by atoms with E-state index in [9.17, 15) is 14.7 Å². The Morgan fingerprint density at radius 1 is 0.932 bits per heavy atom. The fourth-order valence-corrected chi connectivity index (χ4v) is 5.23. The van der Waals surface area contributed by atoms with Gasteiger partial charge < -0.3 is 28.8 Å². The summed E-state index contributed by atoms with van der Waals surface area (Å²) in [5.74, 6) is -0.107. The maximum Gasteiger partial charge on any atom is 0.295 e. The van der Waals surface area contributed by atoms with Crippen molar-refractivity contribution < 1.29 is 28.9 Å². The van der Waals surface area contributed by atoms with Gasteiger partial charge in [-0.3, -0.25) is 9.59 Å². The van der Waals surface area contributed by atoms with E-state index in [1.165, 1.54) is 4.90 Å². The van der Waals surface area contributed by atoms with Crippen LogP contribution in [0.5, 0.6) is 17.2 Å². The van der Waals surface area contributed by atoms with Crippen molar-refractivity contribution in [1.29, 1.82) is 0 Å². The number of rotatable bonds is 14. The van der Waals surface area contributed by atoms with Crippen LogP contribution in [0.3, 0.4) is 0 Å². The molecule has 4 aromatic rings. The second kappa shape index (κ2) is 14.4. The molecular formula is C35H37N3O6. The number of hydrogen-bond acceptors (Lipinski definition) is 7. The van der Waals surface area contributed by atoms with Crippen LogP contribution in [0.4, 0.5) is 0 Å². The number of methoxy groups -OCH3 is 1. The first-order chi connectivity index (χ1) is 21.5. The van der Waals surface area contributed by atoms with Gasteiger partial charge in [-0.15, -0.1) is 0 Å². The minimum atomic E-state index is -0.834. The van der Waals surface area contributed by atoms with E-state index in [-0.39, 0.29) is 11.3 Å². The second-order valence-electron chi connectivity index (χ2n) is 10.6. The minimum Gasteiger partial charge on any atom is -0.507 e. The highest BCUT2D eigenvalue weighted by atomic mass is 16.5. The lowest BCUT2D eigenvalue weighted by Gasteiger charge is -2.26. The summed E-state index contributed by atoms with van der Waals surface area (Å²) in [5.41, 5.74) is 2.04. The molecule has 9 heteroatoms. The summed E-state index contributed by atoms with van der Waals surface area (Å²) in [6, 6.07) is 21.2. The molecule has 228 valence electrons. The quantitative estimate of drug-likeness (QED) is 0.0806. The molecule has 2 heterocycles. The Morgan fingerprint density at radius 3 is 2.52 bits per heavy atom. The highest BCUT2D eigenvalue weighted by Gasteiger charge is 2.46. The highest BCUT2D eigenvalue weighted by molar-refractivity contribution is 6.46. The molecule has 0 aliphatic carbocycles. The number of amides is 1. The number of carbonyl (C=O) groups excluding carboxylic acids is 2. The predicted molar refractivity (Wildman–Crippen MR) is 166 cm³/mol. The van der Waals surface area contributed by atoms with E-state index >= 15 is 0 Å². The summed E-state index contributed by atoms with van der Waals surface area (Å²) in [4.78, 5) is 32.6. The minimum absolute atomic E-state index is 0.0170. The fourth-order valence-electron chi connectivity index (χ4n) is 5.23. The number of ether oxygens (including phenoxy) is 3. The Kier molecular flexibility index (Phi) is 9.96. The van der Waals surface area contributed by atoms with Gasteiger partial charge in [-0.2, -0.15) is 0 Å². The van der Waals surface area contributed by atoms with E-state index in [0.29, 0.717) is 61.1 Å². The monoisotopic (exact) mass is 595 g/mol. The lowest BCUT2D eigenvalue weighted by molar-refractivity contribution is -0.139. The van der Waals surface area contributed by atoms with Gasteiger partial charge in [0, 0.05) is 31.0 Å². The third-order valence-corrected chi connectivity index (χ3v) is 7.53. The maximum absolute atomic E-state index is 13.6. The van der Waals surface area contributed by atoms with Crippen LogP contribution in [0, 0.1) is 0 Å². The van der Waals surface area contributed by atoms with Gasteiger partial charge in [-0.25, -0.2) is 4.98 Å². The topological polar surface area (TPSA) is 103 Å². The van der Waals surface area contributed by atoms with Crippen molar-refractivity contribution in [2.24, 2.45) is 0 Å². The van der Waals surface area contributed by atoms with Crippen molar-refractivity contribution in [1.82, 2.24) is 14.5 Å². The highest BCUT2D eigenvalue weighted by Crippen LogP contribution is 2.42. The number of nitrogens with zero attached hydrogens (tertiary/aromatic N) is 3. The first-order valence-corrected chi connectivity index (χ1v) is 14.8. The van der Waals surface area contributed by atoms with Crippen LogP contribution in [-0.4, -0.2) is 51.5 Å². The Hall–Kier alpha value is -5.05. The summed E-state index contributed by atoms with van der Waals surface area (Å²) in [7, 11) is 1.54. The van der Waals surface area contributed by atoms with Gasteiger partial charge in [0.2, 0.25) is 0 Å². The van der Waals surface area contributed by atoms with Crippen LogP contribution in [0.2, 0.25) is 0 Å². The molecule has 0 saturated carbocycles. The number of aryl methyl sites for hydroxylation is 1. The average molecular weight is 596 g/mol. The number of carbonyl (C=O) groups is 2. The Balaban J connectivity index is 1.50. The maximum atomic E-state index is 13.6. The molecule has 1 aromatic heterocycles. The van der Waals surface area contributed by atoms with Crippen LogP contribution in [0.25, 0.3) is 5.76 Å². The lowest BCUT2D eigenvalue weighted by Crippen LogP contribution is -2.31. The molecule has 44 heavy (non-hydrogen) atoms. The van der Waals surface area contributed by atoms with Crippen LogP contribution < -0.4 is 14.2 Å². The number of ketones is 1. The van der Waals surface area contributed by atoms with Crippen LogP contribution in [-0.2, 0) is 22.7 Å². The third kappa shape index (κ3) is 6.94. The predicted octanol–water partition coefficient (Wildman–Crippen LogP) is 6.16. The van der Waals surface area contributed by atoms with Gasteiger partial charge in [-0.05, 0) is 48.2 Å². The van der Waals surface area contributed by atoms with Crippen LogP contribution in [0.15, 0.2) is 97.1 Å². The molecule has 1 atom stereocenters. The van der Waals surface area contributed by atoms with Crippen molar-refractivity contribution in [3.63, 3.8) is 0 Å². The van der Waals surface area contributed by atoms with Crippen LogP contribution in [0.1, 0.15) is 48.9 Å². The van der Waals surface area contributed by atoms with Gasteiger partial charge >= 0.3 is 0 Å².